The van der Waals surface area contributed by atoms with Crippen LogP contribution in [0.5, 0.6) is 0 Å². The Balaban J connectivity index is 2.48. The van der Waals surface area contributed by atoms with E-state index in [0.717, 1.165) is 5.56 Å². The Bertz CT molecular complexity index is 519. The Kier molecular flexibility index (Phi) is 2.70. The van der Waals surface area contributed by atoms with Crippen molar-refractivity contribution in [3.63, 3.8) is 0 Å². The molecule has 1 aliphatic rings. The molecule has 1 heterocycles. The summed E-state index contributed by atoms with van der Waals surface area (Å²) in [5, 5.41) is 2.25. The number of amides is 1. The zero-order valence-corrected chi connectivity index (χ0v) is 9.58. The van der Waals surface area contributed by atoms with Crippen LogP contribution in [0.15, 0.2) is 36.0 Å². The minimum Gasteiger partial charge on any atom is -0.315 e. The van der Waals surface area contributed by atoms with Gasteiger partial charge in [0.1, 0.15) is 5.70 Å². The third kappa shape index (κ3) is 1.69. The van der Waals surface area contributed by atoms with Gasteiger partial charge in [0.15, 0.2) is 0 Å². The monoisotopic (exact) mass is 279 g/mol. The summed E-state index contributed by atoms with van der Waals surface area (Å²) in [5.74, 6) is -2.71. The Morgan fingerprint density at radius 2 is 1.62 bits per heavy atom. The Morgan fingerprint density at radius 1 is 1.00 bits per heavy atom. The van der Waals surface area contributed by atoms with E-state index >= 15 is 0 Å². The Labute approximate surface area is 99.5 Å². The Morgan fingerprint density at radius 3 is 2.12 bits per heavy atom. The first-order valence-corrected chi connectivity index (χ1v) is 5.26. The lowest BCUT2D eigenvalue weighted by atomic mass is 10.1. The van der Waals surface area contributed by atoms with Crippen molar-refractivity contribution in [2.75, 3.05) is 0 Å². The highest BCUT2D eigenvalue weighted by Gasteiger charge is 2.36. The molecule has 4 nitrogen and oxygen atoms in total. The number of ketones is 2. The van der Waals surface area contributed by atoms with E-state index in [-0.39, 0.29) is 5.70 Å². The molecule has 80 valence electrons. The topological polar surface area (TPSA) is 63.2 Å². The summed E-state index contributed by atoms with van der Waals surface area (Å²) in [6, 6.07) is 8.94. The maximum absolute atomic E-state index is 11.4. The highest BCUT2D eigenvalue weighted by Crippen LogP contribution is 2.26. The van der Waals surface area contributed by atoms with E-state index in [2.05, 4.69) is 21.2 Å². The summed E-state index contributed by atoms with van der Waals surface area (Å²) in [6.45, 7) is 0. The standard InChI is InChI=1S/C11H6BrNO3/c12-7(6-4-2-1-3-5-6)8-9(14)10(15)11(16)13-8/h1-5H,(H,13,16). The van der Waals surface area contributed by atoms with Gasteiger partial charge in [-0.3, -0.25) is 14.4 Å². The number of hydrogen-bond acceptors (Lipinski definition) is 3. The van der Waals surface area contributed by atoms with Crippen LogP contribution in [-0.4, -0.2) is 17.5 Å². The zero-order chi connectivity index (χ0) is 11.7. The molecule has 0 radical (unpaired) electrons. The van der Waals surface area contributed by atoms with Gasteiger partial charge in [-0.1, -0.05) is 30.3 Å². The van der Waals surface area contributed by atoms with Gasteiger partial charge in [0, 0.05) is 0 Å². The maximum atomic E-state index is 11.4. The number of carbonyl (C=O) groups is 3. The summed E-state index contributed by atoms with van der Waals surface area (Å²) in [6.07, 6.45) is 0. The van der Waals surface area contributed by atoms with Crippen molar-refractivity contribution < 1.29 is 14.4 Å². The van der Waals surface area contributed by atoms with Gasteiger partial charge in [-0.25, -0.2) is 0 Å². The summed E-state index contributed by atoms with van der Waals surface area (Å²) < 4.78 is 0.414. The molecule has 5 heteroatoms. The van der Waals surface area contributed by atoms with Crippen LogP contribution < -0.4 is 5.32 Å². The van der Waals surface area contributed by atoms with Gasteiger partial charge >= 0.3 is 5.91 Å². The second kappa shape index (κ2) is 4.02. The normalized spacial score (nSPS) is 18.7. The van der Waals surface area contributed by atoms with Crippen molar-refractivity contribution in [1.82, 2.24) is 5.32 Å². The van der Waals surface area contributed by atoms with E-state index in [0.29, 0.717) is 4.48 Å². The molecule has 0 aromatic heterocycles. The van der Waals surface area contributed by atoms with Gasteiger partial charge in [-0.15, -0.1) is 0 Å². The summed E-state index contributed by atoms with van der Waals surface area (Å²) in [7, 11) is 0. The molecule has 16 heavy (non-hydrogen) atoms. The van der Waals surface area contributed by atoms with Crippen molar-refractivity contribution in [2.24, 2.45) is 0 Å². The first kappa shape index (κ1) is 10.8. The number of Topliss-reactive ketones (excluding diaryl/α,β-unsaturated/α-hetero) is 2. The fourth-order valence-electron chi connectivity index (χ4n) is 1.33. The number of rotatable bonds is 1. The third-order valence-electron chi connectivity index (χ3n) is 2.12. The van der Waals surface area contributed by atoms with Gasteiger partial charge in [0.2, 0.25) is 0 Å². The van der Waals surface area contributed by atoms with Crippen LogP contribution in [0.4, 0.5) is 0 Å². The molecule has 0 saturated carbocycles. The van der Waals surface area contributed by atoms with E-state index in [1.54, 1.807) is 24.3 Å². The molecule has 0 atom stereocenters. The lowest BCUT2D eigenvalue weighted by Crippen LogP contribution is -2.18. The first-order valence-electron chi connectivity index (χ1n) is 4.46. The number of carbonyl (C=O) groups excluding carboxylic acids is 3. The molecule has 0 bridgehead atoms. The average molecular weight is 280 g/mol. The number of halogens is 1. The SMILES string of the molecule is O=C1NC(=C(Br)c2ccccc2)C(=O)C1=O. The second-order valence-electron chi connectivity index (χ2n) is 3.17. The summed E-state index contributed by atoms with van der Waals surface area (Å²) in [4.78, 5) is 33.4. The van der Waals surface area contributed by atoms with Crippen molar-refractivity contribution in [3.8, 4) is 0 Å². The molecule has 1 aliphatic heterocycles. The highest BCUT2D eigenvalue weighted by atomic mass is 79.9. The molecule has 1 saturated heterocycles. The van der Waals surface area contributed by atoms with Crippen LogP contribution in [0.2, 0.25) is 0 Å². The smallest absolute Gasteiger partial charge is 0.300 e. The third-order valence-corrected chi connectivity index (χ3v) is 2.98. The summed E-state index contributed by atoms with van der Waals surface area (Å²) >= 11 is 3.20. The minimum absolute atomic E-state index is 0.00111. The first-order chi connectivity index (χ1) is 7.61. The van der Waals surface area contributed by atoms with Gasteiger partial charge in [0.25, 0.3) is 11.6 Å². The maximum Gasteiger partial charge on any atom is 0.300 e. The van der Waals surface area contributed by atoms with Crippen molar-refractivity contribution >= 4 is 37.9 Å². The molecule has 1 aromatic carbocycles. The van der Waals surface area contributed by atoms with E-state index in [1.807, 2.05) is 6.07 Å². The van der Waals surface area contributed by atoms with Crippen LogP contribution in [-0.2, 0) is 14.4 Å². The van der Waals surface area contributed by atoms with E-state index in [4.69, 9.17) is 0 Å². The molecule has 0 aliphatic carbocycles. The van der Waals surface area contributed by atoms with E-state index < -0.39 is 17.5 Å². The number of benzene rings is 1. The van der Waals surface area contributed by atoms with Crippen LogP contribution in [0.1, 0.15) is 5.56 Å². The van der Waals surface area contributed by atoms with Crippen LogP contribution >= 0.6 is 15.9 Å². The lowest BCUT2D eigenvalue weighted by molar-refractivity contribution is -0.140. The average Bonchev–Trinajstić information content (AvgIpc) is 2.57. The van der Waals surface area contributed by atoms with E-state index in [9.17, 15) is 14.4 Å². The second-order valence-corrected chi connectivity index (χ2v) is 3.96. The molecule has 1 N–H and O–H groups in total. The largest absolute Gasteiger partial charge is 0.315 e. The molecule has 1 amide bonds. The number of hydrogen-bond donors (Lipinski definition) is 1. The van der Waals surface area contributed by atoms with Gasteiger partial charge in [0.05, 0.1) is 4.48 Å². The van der Waals surface area contributed by atoms with Gasteiger partial charge in [-0.2, -0.15) is 0 Å². The minimum atomic E-state index is -1.03. The highest BCUT2D eigenvalue weighted by molar-refractivity contribution is 9.15. The number of nitrogens with one attached hydrogen (secondary N) is 1. The summed E-state index contributed by atoms with van der Waals surface area (Å²) in [5.41, 5.74) is 0.724. The van der Waals surface area contributed by atoms with Crippen LogP contribution in [0.25, 0.3) is 4.48 Å². The van der Waals surface area contributed by atoms with Crippen LogP contribution in [0.3, 0.4) is 0 Å². The van der Waals surface area contributed by atoms with Crippen molar-refractivity contribution in [3.05, 3.63) is 41.6 Å². The molecule has 1 fully saturated rings. The Hall–Kier alpha value is -1.75. The fourth-order valence-corrected chi connectivity index (χ4v) is 1.87. The number of allylic oxidation sites excluding steroid dienone is 1. The predicted octanol–water partition coefficient (Wildman–Crippen LogP) is 1.02. The molecule has 2 rings (SSSR count). The lowest BCUT2D eigenvalue weighted by Gasteiger charge is -2.02. The molecule has 0 unspecified atom stereocenters. The molecular formula is C11H6BrNO3. The quantitative estimate of drug-likeness (QED) is 0.617. The molecule has 0 spiro atoms. The van der Waals surface area contributed by atoms with Crippen molar-refractivity contribution in [2.45, 2.75) is 0 Å². The van der Waals surface area contributed by atoms with Gasteiger partial charge < -0.3 is 5.32 Å². The van der Waals surface area contributed by atoms with E-state index in [1.165, 1.54) is 0 Å². The van der Waals surface area contributed by atoms with Gasteiger partial charge in [-0.05, 0) is 21.5 Å². The zero-order valence-electron chi connectivity index (χ0n) is 7.99. The van der Waals surface area contributed by atoms with Crippen molar-refractivity contribution in [1.29, 1.82) is 0 Å². The fraction of sp³-hybridized carbons (Fsp3) is 0. The molecule has 1 aromatic rings. The predicted molar refractivity (Wildman–Crippen MR) is 60.4 cm³/mol. The van der Waals surface area contributed by atoms with Crippen LogP contribution in [0, 0.1) is 0 Å². The molecular weight excluding hydrogens is 274 g/mol.